The first-order valence-electron chi connectivity index (χ1n) is 4.64. The summed E-state index contributed by atoms with van der Waals surface area (Å²) >= 11 is 0. The topological polar surface area (TPSA) is 26.0 Å². The zero-order valence-corrected chi connectivity index (χ0v) is 7.96. The molecule has 0 aliphatic heterocycles. The lowest BCUT2D eigenvalue weighted by Gasteiger charge is -2.07. The Morgan fingerprint density at radius 2 is 2.23 bits per heavy atom. The Hall–Kier alpha value is -0.890. The van der Waals surface area contributed by atoms with Gasteiger partial charge in [0.05, 0.1) is 0 Å². The quantitative estimate of drug-likeness (QED) is 0.759. The van der Waals surface area contributed by atoms with E-state index in [9.17, 15) is 4.39 Å². The minimum atomic E-state index is -0.858. The number of nitrogens with two attached hydrogens (primary N) is 1. The molecule has 72 valence electrons. The molecule has 0 aliphatic rings. The summed E-state index contributed by atoms with van der Waals surface area (Å²) in [6, 6.07) is 7.58. The molecule has 0 aliphatic carbocycles. The van der Waals surface area contributed by atoms with Crippen molar-refractivity contribution in [2.24, 2.45) is 5.73 Å². The van der Waals surface area contributed by atoms with Crippen LogP contribution in [0.3, 0.4) is 0 Å². The van der Waals surface area contributed by atoms with Gasteiger partial charge in [-0.1, -0.05) is 29.8 Å². The Labute approximate surface area is 78.8 Å². The Morgan fingerprint density at radius 1 is 1.46 bits per heavy atom. The van der Waals surface area contributed by atoms with E-state index in [1.807, 2.05) is 31.2 Å². The van der Waals surface area contributed by atoms with E-state index in [0.717, 1.165) is 17.5 Å². The molecule has 1 aromatic rings. The summed E-state index contributed by atoms with van der Waals surface area (Å²) in [4.78, 5) is 0. The second-order valence-electron chi connectivity index (χ2n) is 3.31. The number of benzene rings is 1. The number of rotatable bonds is 4. The molecule has 2 N–H and O–H groups in total. The third-order valence-corrected chi connectivity index (χ3v) is 2.07. The van der Waals surface area contributed by atoms with Crippen molar-refractivity contribution in [1.29, 1.82) is 0 Å². The molecule has 1 rings (SSSR count). The highest BCUT2D eigenvalue weighted by Crippen LogP contribution is 2.22. The maximum absolute atomic E-state index is 13.4. The Bertz CT molecular complexity index is 260. The van der Waals surface area contributed by atoms with Crippen LogP contribution in [0.4, 0.5) is 4.39 Å². The number of aryl methyl sites for hydroxylation is 1. The van der Waals surface area contributed by atoms with Crippen molar-refractivity contribution in [2.45, 2.75) is 25.9 Å². The molecule has 2 heteroatoms. The van der Waals surface area contributed by atoms with Crippen LogP contribution in [0.25, 0.3) is 0 Å². The molecule has 0 spiro atoms. The zero-order valence-electron chi connectivity index (χ0n) is 7.96. The maximum atomic E-state index is 13.4. The number of hydrogen-bond donors (Lipinski definition) is 1. The van der Waals surface area contributed by atoms with Gasteiger partial charge in [0, 0.05) is 0 Å². The van der Waals surface area contributed by atoms with E-state index in [2.05, 4.69) is 0 Å². The van der Waals surface area contributed by atoms with Crippen molar-refractivity contribution < 1.29 is 4.39 Å². The molecule has 0 bridgehead atoms. The van der Waals surface area contributed by atoms with Gasteiger partial charge in [-0.3, -0.25) is 0 Å². The third kappa shape index (κ3) is 3.15. The van der Waals surface area contributed by atoms with E-state index in [1.165, 1.54) is 0 Å². The fourth-order valence-corrected chi connectivity index (χ4v) is 1.33. The van der Waals surface area contributed by atoms with Crippen molar-refractivity contribution in [3.05, 3.63) is 35.4 Å². The fourth-order valence-electron chi connectivity index (χ4n) is 1.33. The van der Waals surface area contributed by atoms with Gasteiger partial charge < -0.3 is 5.73 Å². The van der Waals surface area contributed by atoms with Gasteiger partial charge in [-0.2, -0.15) is 0 Å². The molecule has 1 atom stereocenters. The second-order valence-corrected chi connectivity index (χ2v) is 3.31. The van der Waals surface area contributed by atoms with Crippen LogP contribution in [0.2, 0.25) is 0 Å². The van der Waals surface area contributed by atoms with Gasteiger partial charge >= 0.3 is 0 Å². The average Bonchev–Trinajstić information content (AvgIpc) is 2.14. The predicted molar refractivity (Wildman–Crippen MR) is 53.3 cm³/mol. The van der Waals surface area contributed by atoms with Crippen molar-refractivity contribution in [3.63, 3.8) is 0 Å². The van der Waals surface area contributed by atoms with Crippen molar-refractivity contribution in [2.75, 3.05) is 6.54 Å². The van der Waals surface area contributed by atoms with Gasteiger partial charge in [0.1, 0.15) is 6.17 Å². The molecule has 0 saturated carbocycles. The van der Waals surface area contributed by atoms with Crippen LogP contribution >= 0.6 is 0 Å². The molecular formula is C11H16FN. The Kier molecular flexibility index (Phi) is 3.90. The molecule has 13 heavy (non-hydrogen) atoms. The SMILES string of the molecule is Cc1cccc(C(F)CCCN)c1. The molecule has 0 saturated heterocycles. The average molecular weight is 181 g/mol. The van der Waals surface area contributed by atoms with E-state index in [0.29, 0.717) is 13.0 Å². The molecule has 0 amide bonds. The van der Waals surface area contributed by atoms with Crippen molar-refractivity contribution >= 4 is 0 Å². The minimum Gasteiger partial charge on any atom is -0.330 e. The van der Waals surface area contributed by atoms with Crippen LogP contribution in [0.1, 0.15) is 30.1 Å². The Balaban J connectivity index is 2.60. The van der Waals surface area contributed by atoms with E-state index in [-0.39, 0.29) is 0 Å². The van der Waals surface area contributed by atoms with Crippen LogP contribution < -0.4 is 5.73 Å². The van der Waals surface area contributed by atoms with Gasteiger partial charge in [-0.05, 0) is 31.9 Å². The maximum Gasteiger partial charge on any atom is 0.125 e. The van der Waals surface area contributed by atoms with Crippen molar-refractivity contribution in [3.8, 4) is 0 Å². The lowest BCUT2D eigenvalue weighted by atomic mass is 10.0. The van der Waals surface area contributed by atoms with E-state index >= 15 is 0 Å². The van der Waals surface area contributed by atoms with E-state index < -0.39 is 6.17 Å². The van der Waals surface area contributed by atoms with Crippen LogP contribution in [-0.2, 0) is 0 Å². The van der Waals surface area contributed by atoms with Crippen LogP contribution in [-0.4, -0.2) is 6.54 Å². The monoisotopic (exact) mass is 181 g/mol. The number of halogens is 1. The summed E-state index contributed by atoms with van der Waals surface area (Å²) < 4.78 is 13.4. The third-order valence-electron chi connectivity index (χ3n) is 2.07. The molecular weight excluding hydrogens is 165 g/mol. The molecule has 1 nitrogen and oxygen atoms in total. The zero-order chi connectivity index (χ0) is 9.68. The summed E-state index contributed by atoms with van der Waals surface area (Å²) in [5.74, 6) is 0. The first-order chi connectivity index (χ1) is 6.24. The summed E-state index contributed by atoms with van der Waals surface area (Å²) in [6.07, 6.45) is 0.415. The molecule has 0 heterocycles. The highest BCUT2D eigenvalue weighted by atomic mass is 19.1. The lowest BCUT2D eigenvalue weighted by Crippen LogP contribution is -2.01. The van der Waals surface area contributed by atoms with Crippen LogP contribution in [0.15, 0.2) is 24.3 Å². The van der Waals surface area contributed by atoms with Gasteiger partial charge in [0.2, 0.25) is 0 Å². The minimum absolute atomic E-state index is 0.528. The van der Waals surface area contributed by atoms with E-state index in [4.69, 9.17) is 5.73 Å². The number of hydrogen-bond acceptors (Lipinski definition) is 1. The second kappa shape index (κ2) is 4.97. The summed E-state index contributed by atoms with van der Waals surface area (Å²) in [6.45, 7) is 2.53. The van der Waals surface area contributed by atoms with Gasteiger partial charge in [-0.25, -0.2) is 4.39 Å². The molecule has 1 unspecified atom stereocenters. The summed E-state index contributed by atoms with van der Waals surface area (Å²) in [5, 5.41) is 0. The first kappa shape index (κ1) is 10.2. The van der Waals surface area contributed by atoms with Gasteiger partial charge in [-0.15, -0.1) is 0 Å². The standard InChI is InChI=1S/C11H16FN/c1-9-4-2-5-10(8-9)11(12)6-3-7-13/h2,4-5,8,11H,3,6-7,13H2,1H3. The summed E-state index contributed by atoms with van der Waals surface area (Å²) in [5.41, 5.74) is 7.19. The summed E-state index contributed by atoms with van der Waals surface area (Å²) in [7, 11) is 0. The van der Waals surface area contributed by atoms with Gasteiger partial charge in [0.15, 0.2) is 0 Å². The van der Waals surface area contributed by atoms with E-state index in [1.54, 1.807) is 0 Å². The first-order valence-corrected chi connectivity index (χ1v) is 4.64. The van der Waals surface area contributed by atoms with Crippen molar-refractivity contribution in [1.82, 2.24) is 0 Å². The van der Waals surface area contributed by atoms with Crippen LogP contribution in [0, 0.1) is 6.92 Å². The highest BCUT2D eigenvalue weighted by molar-refractivity contribution is 5.23. The fraction of sp³-hybridized carbons (Fsp3) is 0.455. The molecule has 0 fully saturated rings. The van der Waals surface area contributed by atoms with Gasteiger partial charge in [0.25, 0.3) is 0 Å². The lowest BCUT2D eigenvalue weighted by molar-refractivity contribution is 0.318. The highest BCUT2D eigenvalue weighted by Gasteiger charge is 2.08. The predicted octanol–water partition coefficient (Wildman–Crippen LogP) is 2.74. The normalized spacial score (nSPS) is 12.8. The van der Waals surface area contributed by atoms with Crippen LogP contribution in [0.5, 0.6) is 0 Å². The Morgan fingerprint density at radius 3 is 2.85 bits per heavy atom. The smallest absolute Gasteiger partial charge is 0.125 e. The number of alkyl halides is 1. The largest absolute Gasteiger partial charge is 0.330 e. The molecule has 1 aromatic carbocycles. The molecule has 0 radical (unpaired) electrons. The molecule has 0 aromatic heterocycles.